The molecule has 0 aromatic heterocycles. The van der Waals surface area contributed by atoms with E-state index >= 15 is 0 Å². The molecule has 7 heteroatoms. The smallest absolute Gasteiger partial charge is 0.408 e. The van der Waals surface area contributed by atoms with Crippen molar-refractivity contribution in [3.05, 3.63) is 0 Å². The van der Waals surface area contributed by atoms with E-state index in [0.717, 1.165) is 0 Å². The maximum atomic E-state index is 11.7. The van der Waals surface area contributed by atoms with E-state index in [9.17, 15) is 4.79 Å². The summed E-state index contributed by atoms with van der Waals surface area (Å²) >= 11 is 1.60. The quantitative estimate of drug-likeness (QED) is 0.814. The zero-order valence-electron chi connectivity index (χ0n) is 11.4. The first kappa shape index (κ1) is 15.1. The number of hydrogen-bond acceptors (Lipinski definition) is 6. The molecule has 6 nitrogen and oxygen atoms in total. The second-order valence-electron chi connectivity index (χ2n) is 5.02. The minimum absolute atomic E-state index is 0.0928. The molecule has 0 aromatic rings. The first-order valence-electron chi connectivity index (χ1n) is 5.80. The maximum absolute atomic E-state index is 11.7. The molecule has 2 atom stereocenters. The van der Waals surface area contributed by atoms with Crippen LogP contribution in [0.1, 0.15) is 27.7 Å². The molecule has 0 saturated carbocycles. The summed E-state index contributed by atoms with van der Waals surface area (Å²) in [4.78, 5) is 21.2. The number of thioether (sulfide) groups is 1. The fourth-order valence-electron chi connectivity index (χ4n) is 1.34. The molecule has 0 aromatic carbocycles. The van der Waals surface area contributed by atoms with E-state index < -0.39 is 11.7 Å². The van der Waals surface area contributed by atoms with E-state index in [-0.39, 0.29) is 12.2 Å². The topological polar surface area (TPSA) is 72.0 Å². The predicted molar refractivity (Wildman–Crippen MR) is 72.7 cm³/mol. The van der Waals surface area contributed by atoms with Crippen LogP contribution in [0.4, 0.5) is 4.79 Å². The third kappa shape index (κ3) is 5.14. The van der Waals surface area contributed by atoms with Gasteiger partial charge in [0.25, 0.3) is 0 Å². The van der Waals surface area contributed by atoms with E-state index in [0.29, 0.717) is 11.7 Å². The molecule has 0 fully saturated rings. The van der Waals surface area contributed by atoms with Gasteiger partial charge in [-0.2, -0.15) is 11.8 Å². The molecular formula is C11H21N3O3S. The van der Waals surface area contributed by atoms with Crippen LogP contribution in [-0.2, 0) is 9.57 Å². The molecule has 1 heterocycles. The number of rotatable bonds is 4. The lowest BCUT2D eigenvalue weighted by molar-refractivity contribution is 0.0514. The van der Waals surface area contributed by atoms with Crippen LogP contribution < -0.4 is 10.8 Å². The van der Waals surface area contributed by atoms with Crippen molar-refractivity contribution in [3.63, 3.8) is 0 Å². The molecule has 104 valence electrons. The number of aliphatic imine (C=N–C) groups is 1. The predicted octanol–water partition coefficient (Wildman–Crippen LogP) is 1.52. The number of carbonyl (C=O) groups is 1. The van der Waals surface area contributed by atoms with E-state index in [2.05, 4.69) is 15.8 Å². The Morgan fingerprint density at radius 2 is 2.33 bits per heavy atom. The van der Waals surface area contributed by atoms with E-state index in [1.54, 1.807) is 11.8 Å². The number of amides is 1. The second kappa shape index (κ2) is 6.29. The van der Waals surface area contributed by atoms with Crippen LogP contribution >= 0.6 is 11.8 Å². The van der Waals surface area contributed by atoms with Gasteiger partial charge in [-0.15, -0.1) is 5.48 Å². The van der Waals surface area contributed by atoms with Gasteiger partial charge in [-0.1, -0.05) is 0 Å². The molecule has 0 bridgehead atoms. The second-order valence-corrected chi connectivity index (χ2v) is 5.93. The third-order valence-electron chi connectivity index (χ3n) is 1.98. The maximum Gasteiger partial charge on any atom is 0.408 e. The van der Waals surface area contributed by atoms with Crippen molar-refractivity contribution in [3.8, 4) is 0 Å². The van der Waals surface area contributed by atoms with Crippen molar-refractivity contribution >= 4 is 23.8 Å². The average molecular weight is 275 g/mol. The molecule has 0 radical (unpaired) electrons. The van der Waals surface area contributed by atoms with Gasteiger partial charge in [-0.3, -0.25) is 0 Å². The summed E-state index contributed by atoms with van der Waals surface area (Å²) in [5, 5.41) is 2.76. The molecule has 1 rings (SSSR count). The van der Waals surface area contributed by atoms with Gasteiger partial charge in [-0.05, 0) is 34.0 Å². The number of ether oxygens (including phenoxy) is 1. The highest BCUT2D eigenvalue weighted by atomic mass is 32.2. The highest BCUT2D eigenvalue weighted by Gasteiger charge is 2.27. The molecule has 0 saturated heterocycles. The number of nitrogens with zero attached hydrogens (tertiary/aromatic N) is 1. The lowest BCUT2D eigenvalue weighted by Crippen LogP contribution is -2.45. The molecule has 1 amide bonds. The van der Waals surface area contributed by atoms with Gasteiger partial charge < -0.3 is 14.9 Å². The molecule has 0 spiro atoms. The van der Waals surface area contributed by atoms with Gasteiger partial charge in [0.2, 0.25) is 5.90 Å². The van der Waals surface area contributed by atoms with E-state index in [1.807, 2.05) is 34.0 Å². The molecular weight excluding hydrogens is 254 g/mol. The van der Waals surface area contributed by atoms with Crippen molar-refractivity contribution in [2.75, 3.05) is 12.0 Å². The summed E-state index contributed by atoms with van der Waals surface area (Å²) in [6, 6.07) is -0.285. The summed E-state index contributed by atoms with van der Waals surface area (Å²) in [6.07, 6.45) is 1.40. The minimum atomic E-state index is -0.516. The van der Waals surface area contributed by atoms with E-state index in [1.165, 1.54) is 0 Å². The molecule has 18 heavy (non-hydrogen) atoms. The van der Waals surface area contributed by atoms with Crippen LogP contribution in [0.2, 0.25) is 0 Å². The molecule has 0 aliphatic carbocycles. The van der Waals surface area contributed by atoms with Crippen molar-refractivity contribution < 1.29 is 14.4 Å². The third-order valence-corrected chi connectivity index (χ3v) is 2.64. The van der Waals surface area contributed by atoms with E-state index in [4.69, 9.17) is 9.57 Å². The van der Waals surface area contributed by atoms with Crippen molar-refractivity contribution in [2.45, 2.75) is 45.5 Å². The van der Waals surface area contributed by atoms with Crippen molar-refractivity contribution in [1.82, 2.24) is 10.8 Å². The van der Waals surface area contributed by atoms with Crippen LogP contribution in [0.25, 0.3) is 0 Å². The number of hydrogen-bond donors (Lipinski definition) is 2. The lowest BCUT2D eigenvalue weighted by atomic mass is 10.2. The Hall–Kier alpha value is -0.950. The van der Waals surface area contributed by atoms with Gasteiger partial charge in [0.05, 0.1) is 0 Å². The number of carbonyl (C=O) groups excluding carboxylic acids is 1. The Morgan fingerprint density at radius 1 is 1.67 bits per heavy atom. The van der Waals surface area contributed by atoms with Crippen LogP contribution in [0, 0.1) is 0 Å². The Balaban J connectivity index is 2.58. The average Bonchev–Trinajstić information content (AvgIpc) is 2.61. The fourth-order valence-corrected chi connectivity index (χ4v) is 1.90. The zero-order chi connectivity index (χ0) is 13.8. The largest absolute Gasteiger partial charge is 0.444 e. The summed E-state index contributed by atoms with van der Waals surface area (Å²) in [5.41, 5.74) is 2.21. The molecule has 1 unspecified atom stereocenters. The fraction of sp³-hybridized carbons (Fsp3) is 0.818. The Kier molecular flexibility index (Phi) is 5.28. The Bertz CT molecular complexity index is 328. The lowest BCUT2D eigenvalue weighted by Gasteiger charge is -2.22. The SMILES string of the molecule is CSC[C@H](NC(=O)OC(C)(C)C)C1=NC(C)NO1. The summed E-state index contributed by atoms with van der Waals surface area (Å²) < 4.78 is 5.21. The molecule has 1 aliphatic rings. The van der Waals surface area contributed by atoms with Gasteiger partial charge in [-0.25, -0.2) is 9.79 Å². The number of alkyl carbamates (subject to hydrolysis) is 1. The Labute approximate surface area is 112 Å². The van der Waals surface area contributed by atoms with Crippen LogP contribution in [0.3, 0.4) is 0 Å². The van der Waals surface area contributed by atoms with Crippen molar-refractivity contribution in [2.24, 2.45) is 4.99 Å². The molecule has 2 N–H and O–H groups in total. The van der Waals surface area contributed by atoms with Gasteiger partial charge in [0, 0.05) is 5.75 Å². The summed E-state index contributed by atoms with van der Waals surface area (Å²) in [7, 11) is 0. The molecule has 1 aliphatic heterocycles. The van der Waals surface area contributed by atoms with Crippen molar-refractivity contribution in [1.29, 1.82) is 0 Å². The van der Waals surface area contributed by atoms with Crippen LogP contribution in [0.15, 0.2) is 4.99 Å². The minimum Gasteiger partial charge on any atom is -0.444 e. The van der Waals surface area contributed by atoms with Crippen LogP contribution in [0.5, 0.6) is 0 Å². The number of hydroxylamine groups is 1. The zero-order valence-corrected chi connectivity index (χ0v) is 12.3. The first-order valence-corrected chi connectivity index (χ1v) is 7.19. The highest BCUT2D eigenvalue weighted by molar-refractivity contribution is 7.98. The monoisotopic (exact) mass is 275 g/mol. The number of nitrogens with one attached hydrogen (secondary N) is 2. The van der Waals surface area contributed by atoms with Gasteiger partial charge in [0.15, 0.2) is 0 Å². The highest BCUT2D eigenvalue weighted by Crippen LogP contribution is 2.10. The first-order chi connectivity index (χ1) is 8.31. The summed E-state index contributed by atoms with van der Waals surface area (Å²) in [6.45, 7) is 7.34. The summed E-state index contributed by atoms with van der Waals surface area (Å²) in [5.74, 6) is 1.16. The normalized spacial score (nSPS) is 20.9. The standard InChI is InChI=1S/C11H21N3O3S/c1-7-12-9(17-14-7)8(6-18-5)13-10(15)16-11(2,3)4/h7-8,14H,6H2,1-5H3,(H,13,15)/t7?,8-/m0/s1. The Morgan fingerprint density at radius 3 is 2.78 bits per heavy atom. The van der Waals surface area contributed by atoms with Gasteiger partial charge in [0.1, 0.15) is 17.8 Å². The van der Waals surface area contributed by atoms with Crippen LogP contribution in [-0.4, -0.2) is 41.8 Å². The van der Waals surface area contributed by atoms with Gasteiger partial charge >= 0.3 is 6.09 Å².